The Morgan fingerprint density at radius 3 is 2.45 bits per heavy atom. The lowest BCUT2D eigenvalue weighted by atomic mass is 10.1. The lowest BCUT2D eigenvalue weighted by molar-refractivity contribution is -0.892. The molecule has 0 radical (unpaired) electrons. The molecular weight excluding hydrogens is 390 g/mol. The molecule has 162 valence electrons. The summed E-state index contributed by atoms with van der Waals surface area (Å²) in [5.74, 6) is 1.26. The van der Waals surface area contributed by atoms with E-state index in [0.29, 0.717) is 13.0 Å². The van der Waals surface area contributed by atoms with E-state index in [2.05, 4.69) is 24.0 Å². The van der Waals surface area contributed by atoms with Crippen molar-refractivity contribution in [2.75, 3.05) is 56.2 Å². The number of piperazine rings is 1. The monoisotopic (exact) mass is 424 g/mol. The SMILES string of the molecule is CC[C@H](C)N(C(=O)C[NH+]1CCN(c2ccc(OC)cc2)CC1)[C@@H]1CCS(=O)(=O)C1. The normalized spacial score (nSPS) is 23.0. The van der Waals surface area contributed by atoms with Crippen LogP contribution in [0.25, 0.3) is 0 Å². The second-order valence-electron chi connectivity index (χ2n) is 8.23. The van der Waals surface area contributed by atoms with Gasteiger partial charge in [-0.25, -0.2) is 8.42 Å². The van der Waals surface area contributed by atoms with E-state index in [1.54, 1.807) is 7.11 Å². The number of nitrogens with zero attached hydrogens (tertiary/aromatic N) is 2. The molecule has 0 spiro atoms. The van der Waals surface area contributed by atoms with Gasteiger partial charge in [0.25, 0.3) is 5.91 Å². The molecule has 2 atom stereocenters. The van der Waals surface area contributed by atoms with Gasteiger partial charge in [-0.2, -0.15) is 0 Å². The van der Waals surface area contributed by atoms with Gasteiger partial charge in [0.15, 0.2) is 16.4 Å². The lowest BCUT2D eigenvalue weighted by Gasteiger charge is -2.37. The average Bonchev–Trinajstić information content (AvgIpc) is 3.07. The van der Waals surface area contributed by atoms with Crippen LogP contribution < -0.4 is 14.5 Å². The summed E-state index contributed by atoms with van der Waals surface area (Å²) in [6.45, 7) is 8.11. The molecule has 7 nitrogen and oxygen atoms in total. The number of methoxy groups -OCH3 is 1. The molecule has 0 saturated carbocycles. The first kappa shape index (κ1) is 21.9. The molecule has 8 heteroatoms. The molecule has 29 heavy (non-hydrogen) atoms. The molecule has 0 aliphatic carbocycles. The van der Waals surface area contributed by atoms with Crippen molar-refractivity contribution in [1.29, 1.82) is 0 Å². The Hall–Kier alpha value is -1.80. The lowest BCUT2D eigenvalue weighted by Crippen LogP contribution is -3.16. The summed E-state index contributed by atoms with van der Waals surface area (Å²) < 4.78 is 29.1. The number of hydrogen-bond acceptors (Lipinski definition) is 5. The van der Waals surface area contributed by atoms with Crippen molar-refractivity contribution in [1.82, 2.24) is 4.90 Å². The summed E-state index contributed by atoms with van der Waals surface area (Å²) in [6, 6.07) is 7.98. The number of benzene rings is 1. The highest BCUT2D eigenvalue weighted by atomic mass is 32.2. The van der Waals surface area contributed by atoms with Crippen molar-refractivity contribution in [3.63, 3.8) is 0 Å². The number of rotatable bonds is 7. The quantitative estimate of drug-likeness (QED) is 0.678. The molecule has 2 fully saturated rings. The molecule has 2 aliphatic heterocycles. The Bertz CT molecular complexity index is 789. The second kappa shape index (κ2) is 9.34. The van der Waals surface area contributed by atoms with E-state index in [1.165, 1.54) is 10.6 Å². The zero-order valence-electron chi connectivity index (χ0n) is 17.8. The summed E-state index contributed by atoms with van der Waals surface area (Å²) in [4.78, 5) is 18.6. The van der Waals surface area contributed by atoms with Crippen molar-refractivity contribution in [3.8, 4) is 5.75 Å². The van der Waals surface area contributed by atoms with Crippen LogP contribution in [-0.2, 0) is 14.6 Å². The van der Waals surface area contributed by atoms with Crippen LogP contribution in [0.1, 0.15) is 26.7 Å². The minimum atomic E-state index is -3.01. The Kier molecular flexibility index (Phi) is 7.05. The van der Waals surface area contributed by atoms with Crippen molar-refractivity contribution in [2.24, 2.45) is 0 Å². The van der Waals surface area contributed by atoms with Gasteiger partial charge in [-0.3, -0.25) is 4.79 Å². The van der Waals surface area contributed by atoms with Gasteiger partial charge < -0.3 is 19.4 Å². The van der Waals surface area contributed by atoms with E-state index in [9.17, 15) is 13.2 Å². The molecule has 0 bridgehead atoms. The van der Waals surface area contributed by atoms with Gasteiger partial charge in [0, 0.05) is 17.8 Å². The molecule has 0 unspecified atom stereocenters. The maximum Gasteiger partial charge on any atom is 0.278 e. The maximum atomic E-state index is 13.1. The van der Waals surface area contributed by atoms with Crippen LogP contribution in [0.15, 0.2) is 24.3 Å². The first-order chi connectivity index (χ1) is 13.8. The summed E-state index contributed by atoms with van der Waals surface area (Å²) in [5, 5.41) is 0. The van der Waals surface area contributed by atoms with E-state index < -0.39 is 9.84 Å². The first-order valence-electron chi connectivity index (χ1n) is 10.6. The van der Waals surface area contributed by atoms with Crippen molar-refractivity contribution >= 4 is 21.4 Å². The second-order valence-corrected chi connectivity index (χ2v) is 10.5. The number of anilines is 1. The number of quaternary nitrogens is 1. The van der Waals surface area contributed by atoms with Crippen LogP contribution in [0.3, 0.4) is 0 Å². The Labute approximate surface area is 174 Å². The highest BCUT2D eigenvalue weighted by Crippen LogP contribution is 2.21. The predicted molar refractivity (Wildman–Crippen MR) is 114 cm³/mol. The number of amides is 1. The zero-order chi connectivity index (χ0) is 21.0. The van der Waals surface area contributed by atoms with Crippen LogP contribution in [0.4, 0.5) is 5.69 Å². The van der Waals surface area contributed by atoms with Crippen LogP contribution in [0.5, 0.6) is 5.75 Å². The number of sulfone groups is 1. The number of nitrogens with one attached hydrogen (secondary N) is 1. The third kappa shape index (κ3) is 5.42. The van der Waals surface area contributed by atoms with Crippen LogP contribution in [0, 0.1) is 0 Å². The molecule has 2 saturated heterocycles. The largest absolute Gasteiger partial charge is 0.497 e. The Morgan fingerprint density at radius 2 is 1.93 bits per heavy atom. The van der Waals surface area contributed by atoms with E-state index in [4.69, 9.17) is 4.74 Å². The van der Waals surface area contributed by atoms with Crippen molar-refractivity contribution in [3.05, 3.63) is 24.3 Å². The zero-order valence-corrected chi connectivity index (χ0v) is 18.6. The standard InChI is InChI=1S/C21H33N3O4S/c1-4-17(2)24(19-9-14-29(26,27)16-19)21(25)15-22-10-12-23(13-11-22)18-5-7-20(28-3)8-6-18/h5-8,17,19H,4,9-16H2,1-3H3/p+1/t17-,19+/m0/s1. The fourth-order valence-corrected chi connectivity index (χ4v) is 6.07. The third-order valence-electron chi connectivity index (χ3n) is 6.26. The minimum Gasteiger partial charge on any atom is -0.497 e. The van der Waals surface area contributed by atoms with Crippen LogP contribution in [-0.4, -0.2) is 82.6 Å². The van der Waals surface area contributed by atoms with Crippen molar-refractivity contribution in [2.45, 2.75) is 38.8 Å². The highest BCUT2D eigenvalue weighted by molar-refractivity contribution is 7.91. The third-order valence-corrected chi connectivity index (χ3v) is 8.02. The number of hydrogen-bond donors (Lipinski definition) is 1. The number of carbonyl (C=O) groups excluding carboxylic acids is 1. The van der Waals surface area contributed by atoms with Crippen LogP contribution >= 0.6 is 0 Å². The highest BCUT2D eigenvalue weighted by Gasteiger charge is 2.37. The molecule has 1 aromatic rings. The molecule has 0 aromatic heterocycles. The molecular formula is C21H34N3O4S+. The van der Waals surface area contributed by atoms with Gasteiger partial charge in [-0.05, 0) is 44.0 Å². The maximum absolute atomic E-state index is 13.1. The Morgan fingerprint density at radius 1 is 1.28 bits per heavy atom. The summed E-state index contributed by atoms with van der Waals surface area (Å²) in [6.07, 6.45) is 1.40. The van der Waals surface area contributed by atoms with E-state index in [-0.39, 0.29) is 29.5 Å². The first-order valence-corrected chi connectivity index (χ1v) is 12.4. The fourth-order valence-electron chi connectivity index (χ4n) is 4.36. The summed E-state index contributed by atoms with van der Waals surface area (Å²) >= 11 is 0. The number of ether oxygens (including phenoxy) is 1. The van der Waals surface area contributed by atoms with Gasteiger partial charge in [0.2, 0.25) is 0 Å². The fraction of sp³-hybridized carbons (Fsp3) is 0.667. The van der Waals surface area contributed by atoms with Gasteiger partial charge in [-0.15, -0.1) is 0 Å². The van der Waals surface area contributed by atoms with Crippen LogP contribution in [0.2, 0.25) is 0 Å². The molecule has 2 heterocycles. The molecule has 1 amide bonds. The summed E-state index contributed by atoms with van der Waals surface area (Å²) in [7, 11) is -1.34. The molecule has 1 N–H and O–H groups in total. The minimum absolute atomic E-state index is 0.0702. The predicted octanol–water partition coefficient (Wildman–Crippen LogP) is 0.214. The topological polar surface area (TPSA) is 71.4 Å². The van der Waals surface area contributed by atoms with Crippen molar-refractivity contribution < 1.29 is 22.8 Å². The molecule has 1 aromatic carbocycles. The molecule has 2 aliphatic rings. The Balaban J connectivity index is 1.57. The van der Waals surface area contributed by atoms with E-state index in [1.807, 2.05) is 24.0 Å². The van der Waals surface area contributed by atoms with E-state index >= 15 is 0 Å². The van der Waals surface area contributed by atoms with E-state index in [0.717, 1.165) is 38.3 Å². The van der Waals surface area contributed by atoms with Gasteiger partial charge >= 0.3 is 0 Å². The summed E-state index contributed by atoms with van der Waals surface area (Å²) in [5.41, 5.74) is 1.17. The van der Waals surface area contributed by atoms with Gasteiger partial charge in [0.05, 0.1) is 44.8 Å². The number of carbonyl (C=O) groups is 1. The van der Waals surface area contributed by atoms with Gasteiger partial charge in [-0.1, -0.05) is 6.92 Å². The van der Waals surface area contributed by atoms with Gasteiger partial charge in [0.1, 0.15) is 5.75 Å². The average molecular weight is 425 g/mol. The smallest absolute Gasteiger partial charge is 0.278 e. The molecule has 3 rings (SSSR count).